The Hall–Kier alpha value is -1.92. The van der Waals surface area contributed by atoms with Gasteiger partial charge in [-0.2, -0.15) is 0 Å². The van der Waals surface area contributed by atoms with E-state index >= 15 is 0 Å². The smallest absolute Gasteiger partial charge is 0.321 e. The summed E-state index contributed by atoms with van der Waals surface area (Å²) in [5.41, 5.74) is 2.80. The highest BCUT2D eigenvalue weighted by Gasteiger charge is 2.20. The molecule has 0 unspecified atom stereocenters. The normalized spacial score (nSPS) is 12.2. The van der Waals surface area contributed by atoms with Gasteiger partial charge >= 0.3 is 5.97 Å². The third-order valence-corrected chi connectivity index (χ3v) is 3.74. The first-order chi connectivity index (χ1) is 10.8. The van der Waals surface area contributed by atoms with Gasteiger partial charge in [-0.15, -0.1) is 0 Å². The van der Waals surface area contributed by atoms with Gasteiger partial charge < -0.3 is 20.6 Å². The highest BCUT2D eigenvalue weighted by atomic mass is 16.4. The zero-order valence-electron chi connectivity index (χ0n) is 14.3. The van der Waals surface area contributed by atoms with Crippen molar-refractivity contribution >= 4 is 17.6 Å². The summed E-state index contributed by atoms with van der Waals surface area (Å²) >= 11 is 0. The van der Waals surface area contributed by atoms with Crippen LogP contribution in [0.1, 0.15) is 24.0 Å². The first-order valence-electron chi connectivity index (χ1n) is 7.78. The Morgan fingerprint density at radius 3 is 2.57 bits per heavy atom. The Morgan fingerprint density at radius 2 is 1.96 bits per heavy atom. The number of aliphatic carboxylic acids is 1. The number of benzene rings is 1. The maximum absolute atomic E-state index is 12.1. The van der Waals surface area contributed by atoms with Crippen LogP contribution in [0.4, 0.5) is 5.69 Å². The summed E-state index contributed by atoms with van der Waals surface area (Å²) in [7, 11) is 3.93. The summed E-state index contributed by atoms with van der Waals surface area (Å²) < 4.78 is 0. The number of hydrogen-bond donors (Lipinski definition) is 3. The average molecular weight is 321 g/mol. The fourth-order valence-electron chi connectivity index (χ4n) is 2.19. The molecule has 0 aromatic heterocycles. The van der Waals surface area contributed by atoms with Crippen molar-refractivity contribution in [3.63, 3.8) is 0 Å². The molecule has 6 nitrogen and oxygen atoms in total. The van der Waals surface area contributed by atoms with Gasteiger partial charge in [0.1, 0.15) is 6.04 Å². The molecule has 1 amide bonds. The van der Waals surface area contributed by atoms with Crippen molar-refractivity contribution < 1.29 is 14.7 Å². The van der Waals surface area contributed by atoms with Gasteiger partial charge in [0.15, 0.2) is 0 Å². The molecule has 1 rings (SSSR count). The fraction of sp³-hybridized carbons (Fsp3) is 0.529. The van der Waals surface area contributed by atoms with E-state index in [1.165, 1.54) is 0 Å². The minimum absolute atomic E-state index is 0.0926. The molecule has 23 heavy (non-hydrogen) atoms. The second-order valence-electron chi connectivity index (χ2n) is 6.00. The summed E-state index contributed by atoms with van der Waals surface area (Å²) in [6, 6.07) is 4.78. The molecule has 0 saturated heterocycles. The third-order valence-electron chi connectivity index (χ3n) is 3.74. The van der Waals surface area contributed by atoms with Crippen molar-refractivity contribution in [2.24, 2.45) is 0 Å². The number of anilines is 1. The van der Waals surface area contributed by atoms with E-state index in [-0.39, 0.29) is 12.3 Å². The van der Waals surface area contributed by atoms with Gasteiger partial charge in [-0.3, -0.25) is 9.59 Å². The molecule has 0 bridgehead atoms. The number of amides is 1. The summed E-state index contributed by atoms with van der Waals surface area (Å²) in [5.74, 6) is -1.31. The molecule has 0 aliphatic heterocycles. The van der Waals surface area contributed by atoms with Crippen LogP contribution in [-0.4, -0.2) is 55.1 Å². The highest BCUT2D eigenvalue weighted by molar-refractivity contribution is 5.94. The van der Waals surface area contributed by atoms with E-state index in [2.05, 4.69) is 10.6 Å². The van der Waals surface area contributed by atoms with Crippen molar-refractivity contribution in [3.8, 4) is 0 Å². The first-order valence-corrected chi connectivity index (χ1v) is 7.78. The summed E-state index contributed by atoms with van der Waals surface area (Å²) in [4.78, 5) is 25.4. The molecule has 3 N–H and O–H groups in total. The lowest BCUT2D eigenvalue weighted by Crippen LogP contribution is -2.40. The minimum Gasteiger partial charge on any atom is -0.480 e. The van der Waals surface area contributed by atoms with Gasteiger partial charge in [0.05, 0.1) is 6.42 Å². The molecular formula is C17H27N3O3. The Kier molecular flexibility index (Phi) is 7.71. The number of carbonyl (C=O) groups is 2. The predicted molar refractivity (Wildman–Crippen MR) is 91.8 cm³/mol. The van der Waals surface area contributed by atoms with E-state index in [9.17, 15) is 14.7 Å². The van der Waals surface area contributed by atoms with Gasteiger partial charge in [0, 0.05) is 5.69 Å². The zero-order valence-corrected chi connectivity index (χ0v) is 14.3. The van der Waals surface area contributed by atoms with Crippen LogP contribution >= 0.6 is 0 Å². The van der Waals surface area contributed by atoms with E-state index < -0.39 is 12.0 Å². The number of aryl methyl sites for hydroxylation is 1. The summed E-state index contributed by atoms with van der Waals surface area (Å²) in [6.07, 6.45) is 0.736. The molecule has 0 fully saturated rings. The molecule has 1 atom stereocenters. The third kappa shape index (κ3) is 6.80. The van der Waals surface area contributed by atoms with E-state index in [1.807, 2.05) is 51.0 Å². The van der Waals surface area contributed by atoms with Gasteiger partial charge in [-0.1, -0.05) is 12.1 Å². The molecule has 1 aromatic carbocycles. The standard InChI is InChI=1S/C17H27N3O3/c1-12-7-5-8-14(13(12)2)19-16(21)11-15(17(22)23)18-9-6-10-20(3)4/h5,7-8,15,18H,6,9-11H2,1-4H3,(H,19,21)(H,22,23)/t15-/m1/s1. The monoisotopic (exact) mass is 321 g/mol. The number of rotatable bonds is 9. The fourth-order valence-corrected chi connectivity index (χ4v) is 2.19. The van der Waals surface area contributed by atoms with Crippen molar-refractivity contribution in [1.82, 2.24) is 10.2 Å². The molecule has 0 saturated carbocycles. The Labute approximate surface area is 137 Å². The van der Waals surface area contributed by atoms with Gasteiger partial charge in [0.2, 0.25) is 5.91 Å². The lowest BCUT2D eigenvalue weighted by Gasteiger charge is -2.16. The van der Waals surface area contributed by atoms with E-state index in [4.69, 9.17) is 0 Å². The molecule has 0 spiro atoms. The number of nitrogens with zero attached hydrogens (tertiary/aromatic N) is 1. The van der Waals surface area contributed by atoms with E-state index in [1.54, 1.807) is 0 Å². The van der Waals surface area contributed by atoms with E-state index in [0.717, 1.165) is 29.8 Å². The second-order valence-corrected chi connectivity index (χ2v) is 6.00. The van der Waals surface area contributed by atoms with Crippen LogP contribution in [-0.2, 0) is 9.59 Å². The molecule has 0 radical (unpaired) electrons. The molecule has 6 heteroatoms. The van der Waals surface area contributed by atoms with Crippen molar-refractivity contribution in [2.75, 3.05) is 32.5 Å². The second kappa shape index (κ2) is 9.27. The number of carboxylic acids is 1. The number of carboxylic acid groups (broad SMARTS) is 1. The van der Waals surface area contributed by atoms with Gasteiger partial charge in [-0.05, 0) is 64.6 Å². The molecule has 0 heterocycles. The lowest BCUT2D eigenvalue weighted by molar-refractivity contribution is -0.141. The Bertz CT molecular complexity index is 544. The van der Waals surface area contributed by atoms with Crippen molar-refractivity contribution in [2.45, 2.75) is 32.7 Å². The Morgan fingerprint density at radius 1 is 1.26 bits per heavy atom. The van der Waals surface area contributed by atoms with Gasteiger partial charge in [0.25, 0.3) is 0 Å². The van der Waals surface area contributed by atoms with Crippen molar-refractivity contribution in [3.05, 3.63) is 29.3 Å². The molecule has 1 aromatic rings. The van der Waals surface area contributed by atoms with Crippen molar-refractivity contribution in [1.29, 1.82) is 0 Å². The SMILES string of the molecule is Cc1cccc(NC(=O)C[C@@H](NCCCN(C)C)C(=O)O)c1C. The molecule has 0 aliphatic rings. The van der Waals surface area contributed by atoms with Crippen LogP contribution in [0.2, 0.25) is 0 Å². The number of hydrogen-bond acceptors (Lipinski definition) is 4. The number of nitrogens with one attached hydrogen (secondary N) is 2. The van der Waals surface area contributed by atoms with E-state index in [0.29, 0.717) is 6.54 Å². The van der Waals surface area contributed by atoms with Gasteiger partial charge in [-0.25, -0.2) is 0 Å². The zero-order chi connectivity index (χ0) is 17.4. The van der Waals surface area contributed by atoms with Crippen LogP contribution in [0.5, 0.6) is 0 Å². The average Bonchev–Trinajstić information content (AvgIpc) is 2.46. The maximum atomic E-state index is 12.1. The van der Waals surface area contributed by atoms with Crippen LogP contribution in [0, 0.1) is 13.8 Å². The predicted octanol–water partition coefficient (Wildman–Crippen LogP) is 1.63. The summed E-state index contributed by atoms with van der Waals surface area (Å²) in [5, 5.41) is 15.0. The lowest BCUT2D eigenvalue weighted by atomic mass is 10.1. The number of carbonyl (C=O) groups excluding carboxylic acids is 1. The van der Waals surface area contributed by atoms with Crippen LogP contribution in [0.3, 0.4) is 0 Å². The highest BCUT2D eigenvalue weighted by Crippen LogP contribution is 2.18. The Balaban J connectivity index is 2.54. The van der Waals surface area contributed by atoms with Crippen LogP contribution in [0.25, 0.3) is 0 Å². The molecular weight excluding hydrogens is 294 g/mol. The summed E-state index contributed by atoms with van der Waals surface area (Å²) in [6.45, 7) is 5.33. The maximum Gasteiger partial charge on any atom is 0.321 e. The quantitative estimate of drug-likeness (QED) is 0.602. The minimum atomic E-state index is -1.01. The van der Waals surface area contributed by atoms with Crippen LogP contribution < -0.4 is 10.6 Å². The molecule has 0 aliphatic carbocycles. The largest absolute Gasteiger partial charge is 0.480 e. The topological polar surface area (TPSA) is 81.7 Å². The first kappa shape index (κ1) is 19.1. The van der Waals surface area contributed by atoms with Crippen LogP contribution in [0.15, 0.2) is 18.2 Å². The molecule has 128 valence electrons.